The summed E-state index contributed by atoms with van der Waals surface area (Å²) in [7, 11) is 1.54. The first-order chi connectivity index (χ1) is 12.5. The fourth-order valence-corrected chi connectivity index (χ4v) is 3.58. The van der Waals surface area contributed by atoms with Crippen molar-refractivity contribution >= 4 is 44.2 Å². The molecular formula is C18H14BrN3O3S. The summed E-state index contributed by atoms with van der Waals surface area (Å²) in [5, 5.41) is 15.4. The molecule has 0 saturated carbocycles. The lowest BCUT2D eigenvalue weighted by atomic mass is 10.1. The average Bonchev–Trinajstić information content (AvgIpc) is 3.07. The van der Waals surface area contributed by atoms with Gasteiger partial charge in [-0.3, -0.25) is 14.9 Å². The number of phenolic OH excluding ortho intramolecular Hbond substituents is 1. The molecule has 8 heteroatoms. The molecule has 0 radical (unpaired) electrons. The van der Waals surface area contributed by atoms with Gasteiger partial charge >= 0.3 is 0 Å². The fraction of sp³-hybridized carbons (Fsp3) is 0.0556. The first-order valence-corrected chi connectivity index (χ1v) is 9.18. The number of thiazole rings is 1. The number of anilines is 1. The topological polar surface area (TPSA) is 91.3 Å². The standard InChI is InChI=1S/C18H14BrN3O3S/c1-20-17(25)15-14(10-5-3-2-4-6-10)21-18(26-15)22-16(24)12-9-11(19)7-8-13(12)23/h2-9,23H,1H3,(H,20,25)(H,21,22,24). The molecule has 3 aromatic rings. The van der Waals surface area contributed by atoms with Crippen molar-refractivity contribution in [3.05, 3.63) is 63.4 Å². The molecule has 6 nitrogen and oxygen atoms in total. The quantitative estimate of drug-likeness (QED) is 0.584. The molecule has 0 fully saturated rings. The Labute approximate surface area is 162 Å². The van der Waals surface area contributed by atoms with E-state index in [4.69, 9.17) is 0 Å². The van der Waals surface area contributed by atoms with Gasteiger partial charge in [0, 0.05) is 17.1 Å². The first kappa shape index (κ1) is 18.1. The number of hydrogen-bond donors (Lipinski definition) is 3. The van der Waals surface area contributed by atoms with Crippen LogP contribution >= 0.6 is 27.3 Å². The third kappa shape index (κ3) is 3.76. The van der Waals surface area contributed by atoms with E-state index in [-0.39, 0.29) is 22.4 Å². The zero-order valence-corrected chi connectivity index (χ0v) is 16.0. The number of benzene rings is 2. The van der Waals surface area contributed by atoms with Crippen molar-refractivity contribution in [3.63, 3.8) is 0 Å². The highest BCUT2D eigenvalue weighted by Gasteiger charge is 2.21. The van der Waals surface area contributed by atoms with Gasteiger partial charge in [-0.05, 0) is 18.2 Å². The number of halogens is 1. The fourth-order valence-electron chi connectivity index (χ4n) is 2.29. The number of carbonyl (C=O) groups excluding carboxylic acids is 2. The van der Waals surface area contributed by atoms with Crippen LogP contribution in [0.1, 0.15) is 20.0 Å². The van der Waals surface area contributed by atoms with Crippen molar-refractivity contribution in [3.8, 4) is 17.0 Å². The predicted molar refractivity (Wildman–Crippen MR) is 105 cm³/mol. The molecule has 0 saturated heterocycles. The molecule has 3 N–H and O–H groups in total. The van der Waals surface area contributed by atoms with Gasteiger partial charge in [0.2, 0.25) is 0 Å². The predicted octanol–water partition coefficient (Wildman–Crippen LogP) is 3.89. The monoisotopic (exact) mass is 431 g/mol. The maximum absolute atomic E-state index is 12.5. The minimum atomic E-state index is -0.513. The molecule has 0 spiro atoms. The Hall–Kier alpha value is -2.71. The van der Waals surface area contributed by atoms with Crippen LogP contribution in [0.15, 0.2) is 53.0 Å². The average molecular weight is 432 g/mol. The number of aromatic hydroxyl groups is 1. The van der Waals surface area contributed by atoms with Crippen molar-refractivity contribution in [1.29, 1.82) is 0 Å². The maximum Gasteiger partial charge on any atom is 0.263 e. The van der Waals surface area contributed by atoms with Crippen LogP contribution in [0, 0.1) is 0 Å². The molecule has 2 aromatic carbocycles. The minimum absolute atomic E-state index is 0.109. The Bertz CT molecular complexity index is 973. The van der Waals surface area contributed by atoms with E-state index in [1.807, 2.05) is 30.3 Å². The lowest BCUT2D eigenvalue weighted by Crippen LogP contribution is -2.17. The number of nitrogens with one attached hydrogen (secondary N) is 2. The van der Waals surface area contributed by atoms with Crippen molar-refractivity contribution in [2.75, 3.05) is 12.4 Å². The molecule has 2 amide bonds. The SMILES string of the molecule is CNC(=O)c1sc(NC(=O)c2cc(Br)ccc2O)nc1-c1ccccc1. The van der Waals surface area contributed by atoms with Crippen LogP contribution in [0.2, 0.25) is 0 Å². The lowest BCUT2D eigenvalue weighted by Gasteiger charge is -2.04. The molecule has 0 bridgehead atoms. The molecular weight excluding hydrogens is 418 g/mol. The van der Waals surface area contributed by atoms with Gasteiger partial charge in [0.25, 0.3) is 11.8 Å². The molecule has 26 heavy (non-hydrogen) atoms. The van der Waals surface area contributed by atoms with Gasteiger partial charge in [-0.2, -0.15) is 0 Å². The Balaban J connectivity index is 1.96. The largest absolute Gasteiger partial charge is 0.507 e. The molecule has 132 valence electrons. The van der Waals surface area contributed by atoms with Crippen LogP contribution in [-0.2, 0) is 0 Å². The van der Waals surface area contributed by atoms with Crippen LogP contribution in [0.4, 0.5) is 5.13 Å². The van der Waals surface area contributed by atoms with Crippen LogP contribution < -0.4 is 10.6 Å². The van der Waals surface area contributed by atoms with E-state index in [1.54, 1.807) is 6.07 Å². The molecule has 0 aliphatic heterocycles. The lowest BCUT2D eigenvalue weighted by molar-refractivity contribution is 0.0966. The third-order valence-electron chi connectivity index (χ3n) is 3.53. The molecule has 1 heterocycles. The Morgan fingerprint density at radius 2 is 1.85 bits per heavy atom. The summed E-state index contributed by atoms with van der Waals surface area (Å²) in [5.41, 5.74) is 1.37. The Morgan fingerprint density at radius 1 is 1.12 bits per heavy atom. The highest BCUT2D eigenvalue weighted by atomic mass is 79.9. The van der Waals surface area contributed by atoms with Gasteiger partial charge in [-0.1, -0.05) is 57.6 Å². The van der Waals surface area contributed by atoms with Crippen molar-refractivity contribution in [2.45, 2.75) is 0 Å². The number of phenols is 1. The molecule has 0 unspecified atom stereocenters. The van der Waals surface area contributed by atoms with E-state index in [1.165, 1.54) is 19.2 Å². The Kier molecular flexibility index (Phi) is 5.34. The maximum atomic E-state index is 12.5. The summed E-state index contributed by atoms with van der Waals surface area (Å²) < 4.78 is 0.663. The third-order valence-corrected chi connectivity index (χ3v) is 4.99. The minimum Gasteiger partial charge on any atom is -0.507 e. The zero-order chi connectivity index (χ0) is 18.7. The van der Waals surface area contributed by atoms with Crippen LogP contribution in [0.25, 0.3) is 11.3 Å². The number of rotatable bonds is 4. The summed E-state index contributed by atoms with van der Waals surface area (Å²) in [6, 6.07) is 13.8. The summed E-state index contributed by atoms with van der Waals surface area (Å²) in [6.45, 7) is 0. The van der Waals surface area contributed by atoms with E-state index in [2.05, 4.69) is 31.5 Å². The molecule has 3 rings (SSSR count). The number of nitrogens with zero attached hydrogens (tertiary/aromatic N) is 1. The van der Waals surface area contributed by atoms with Gasteiger partial charge in [-0.25, -0.2) is 4.98 Å². The molecule has 0 aliphatic carbocycles. The summed E-state index contributed by atoms with van der Waals surface area (Å²) in [6.07, 6.45) is 0. The van der Waals surface area contributed by atoms with E-state index in [0.29, 0.717) is 15.0 Å². The molecule has 0 atom stereocenters. The van der Waals surface area contributed by atoms with Crippen LogP contribution in [-0.4, -0.2) is 29.0 Å². The van der Waals surface area contributed by atoms with Gasteiger partial charge in [0.05, 0.1) is 11.3 Å². The zero-order valence-electron chi connectivity index (χ0n) is 13.6. The van der Waals surface area contributed by atoms with Gasteiger partial charge < -0.3 is 10.4 Å². The van der Waals surface area contributed by atoms with Crippen molar-refractivity contribution < 1.29 is 14.7 Å². The second-order valence-corrected chi connectivity index (χ2v) is 7.17. The highest BCUT2D eigenvalue weighted by molar-refractivity contribution is 9.10. The van der Waals surface area contributed by atoms with Crippen molar-refractivity contribution in [1.82, 2.24) is 10.3 Å². The highest BCUT2D eigenvalue weighted by Crippen LogP contribution is 2.32. The van der Waals surface area contributed by atoms with Crippen LogP contribution in [0.3, 0.4) is 0 Å². The Morgan fingerprint density at radius 3 is 2.54 bits per heavy atom. The van der Waals surface area contributed by atoms with E-state index in [9.17, 15) is 14.7 Å². The summed E-state index contributed by atoms with van der Waals surface area (Å²) >= 11 is 4.34. The van der Waals surface area contributed by atoms with Crippen LogP contribution in [0.5, 0.6) is 5.75 Å². The number of hydrogen-bond acceptors (Lipinski definition) is 5. The summed E-state index contributed by atoms with van der Waals surface area (Å²) in [5.74, 6) is -0.940. The first-order valence-electron chi connectivity index (χ1n) is 7.58. The second-order valence-electron chi connectivity index (χ2n) is 5.26. The normalized spacial score (nSPS) is 10.4. The van der Waals surface area contributed by atoms with Crippen molar-refractivity contribution in [2.24, 2.45) is 0 Å². The number of aromatic nitrogens is 1. The van der Waals surface area contributed by atoms with E-state index < -0.39 is 5.91 Å². The second kappa shape index (κ2) is 7.67. The summed E-state index contributed by atoms with van der Waals surface area (Å²) in [4.78, 5) is 29.4. The van der Waals surface area contributed by atoms with Gasteiger partial charge in [0.1, 0.15) is 10.6 Å². The molecule has 1 aromatic heterocycles. The number of amides is 2. The smallest absolute Gasteiger partial charge is 0.263 e. The van der Waals surface area contributed by atoms with E-state index in [0.717, 1.165) is 16.9 Å². The van der Waals surface area contributed by atoms with Gasteiger partial charge in [0.15, 0.2) is 5.13 Å². The van der Waals surface area contributed by atoms with E-state index >= 15 is 0 Å². The number of carbonyl (C=O) groups is 2. The van der Waals surface area contributed by atoms with Gasteiger partial charge in [-0.15, -0.1) is 0 Å². The molecule has 0 aliphatic rings.